The average Bonchev–Trinajstić information content (AvgIpc) is 2.06. The Balaban J connectivity index is 2.43. The Morgan fingerprint density at radius 2 is 1.73 bits per heavy atom. The normalized spacial score (nSPS) is 22.1. The predicted molar refractivity (Wildman–Crippen MR) is 62.3 cm³/mol. The van der Waals surface area contributed by atoms with E-state index in [2.05, 4.69) is 35.1 Å². The average molecular weight is 284 g/mol. The van der Waals surface area contributed by atoms with Crippen molar-refractivity contribution in [3.8, 4) is 0 Å². The van der Waals surface area contributed by atoms with Crippen molar-refractivity contribution in [3.63, 3.8) is 0 Å². The molecule has 11 heavy (non-hydrogen) atoms. The van der Waals surface area contributed by atoms with Crippen molar-refractivity contribution in [1.82, 2.24) is 0 Å². The van der Waals surface area contributed by atoms with Gasteiger partial charge in [0.15, 0.2) is 0 Å². The molecule has 0 radical (unpaired) electrons. The third-order valence-electron chi connectivity index (χ3n) is 2.79. The highest BCUT2D eigenvalue weighted by molar-refractivity contribution is 14.2. The van der Waals surface area contributed by atoms with Gasteiger partial charge < -0.3 is 0 Å². The fourth-order valence-electron chi connectivity index (χ4n) is 1.86. The van der Waals surface area contributed by atoms with E-state index in [9.17, 15) is 0 Å². The summed E-state index contributed by atoms with van der Waals surface area (Å²) in [6.45, 7) is 4.78. The zero-order chi connectivity index (χ0) is 8.32. The van der Waals surface area contributed by atoms with Gasteiger partial charge in [-0.1, -0.05) is 28.2 Å². The molecule has 0 bridgehead atoms. The molecule has 0 aromatic carbocycles. The van der Waals surface area contributed by atoms with Crippen molar-refractivity contribution in [2.45, 2.75) is 50.7 Å². The Kier molecular flexibility index (Phi) is 4.02. The monoisotopic (exact) mass is 284 g/mol. The minimum atomic E-state index is 0.515. The summed E-state index contributed by atoms with van der Waals surface area (Å²) < 4.78 is 0.515. The van der Waals surface area contributed by atoms with Gasteiger partial charge in [-0.05, 0) is 53.8 Å². The SMILES string of the molecule is CC(C)(SI)C1CCCCC1. The molecule has 0 aromatic heterocycles. The molecule has 0 atom stereocenters. The summed E-state index contributed by atoms with van der Waals surface area (Å²) in [4.78, 5) is 0. The van der Waals surface area contributed by atoms with E-state index >= 15 is 0 Å². The van der Waals surface area contributed by atoms with Gasteiger partial charge in [0.1, 0.15) is 0 Å². The molecule has 1 rings (SSSR count). The van der Waals surface area contributed by atoms with Gasteiger partial charge in [-0.2, -0.15) is 0 Å². The lowest BCUT2D eigenvalue weighted by Crippen LogP contribution is -2.27. The topological polar surface area (TPSA) is 0 Å². The van der Waals surface area contributed by atoms with Gasteiger partial charge in [0.2, 0.25) is 0 Å². The van der Waals surface area contributed by atoms with E-state index in [1.807, 2.05) is 8.93 Å². The third kappa shape index (κ3) is 2.79. The quantitative estimate of drug-likeness (QED) is 0.676. The molecule has 1 saturated carbocycles. The first kappa shape index (κ1) is 10.2. The molecular weight excluding hydrogens is 267 g/mol. The van der Waals surface area contributed by atoms with Crippen LogP contribution < -0.4 is 0 Å². The Bertz CT molecular complexity index is 117. The summed E-state index contributed by atoms with van der Waals surface area (Å²) in [6, 6.07) is 0. The van der Waals surface area contributed by atoms with E-state index in [4.69, 9.17) is 0 Å². The van der Waals surface area contributed by atoms with E-state index in [1.165, 1.54) is 32.1 Å². The molecule has 2 heteroatoms. The Labute approximate surface area is 86.5 Å². The molecule has 1 aliphatic rings. The lowest BCUT2D eigenvalue weighted by atomic mass is 9.81. The van der Waals surface area contributed by atoms with E-state index in [0.29, 0.717) is 4.75 Å². The summed E-state index contributed by atoms with van der Waals surface area (Å²) in [5.41, 5.74) is 0. The van der Waals surface area contributed by atoms with Gasteiger partial charge in [0.25, 0.3) is 0 Å². The summed E-state index contributed by atoms with van der Waals surface area (Å²) in [5, 5.41) is 0. The van der Waals surface area contributed by atoms with Crippen molar-refractivity contribution in [1.29, 1.82) is 0 Å². The van der Waals surface area contributed by atoms with Crippen LogP contribution in [0, 0.1) is 5.92 Å². The van der Waals surface area contributed by atoms with Crippen LogP contribution in [-0.2, 0) is 0 Å². The minimum absolute atomic E-state index is 0.515. The van der Waals surface area contributed by atoms with Crippen molar-refractivity contribution < 1.29 is 0 Å². The first-order valence-corrected chi connectivity index (χ1v) is 7.82. The van der Waals surface area contributed by atoms with Crippen LogP contribution in [0.4, 0.5) is 0 Å². The van der Waals surface area contributed by atoms with Gasteiger partial charge in [0.05, 0.1) is 0 Å². The molecule has 1 fully saturated rings. The number of halogens is 1. The maximum absolute atomic E-state index is 2.45. The summed E-state index contributed by atoms with van der Waals surface area (Å²) in [6.07, 6.45) is 7.32. The lowest BCUT2D eigenvalue weighted by Gasteiger charge is -2.34. The third-order valence-corrected chi connectivity index (χ3v) is 6.92. The van der Waals surface area contributed by atoms with Crippen LogP contribution >= 0.6 is 30.1 Å². The van der Waals surface area contributed by atoms with Gasteiger partial charge >= 0.3 is 0 Å². The Morgan fingerprint density at radius 1 is 1.18 bits per heavy atom. The van der Waals surface area contributed by atoms with Crippen molar-refractivity contribution >= 4 is 30.1 Å². The van der Waals surface area contributed by atoms with Crippen LogP contribution in [0.25, 0.3) is 0 Å². The van der Waals surface area contributed by atoms with Gasteiger partial charge in [-0.3, -0.25) is 0 Å². The van der Waals surface area contributed by atoms with Crippen molar-refractivity contribution in [3.05, 3.63) is 0 Å². The second kappa shape index (κ2) is 4.35. The maximum Gasteiger partial charge on any atom is 0.0232 e. The zero-order valence-electron chi connectivity index (χ0n) is 7.40. The molecule has 0 heterocycles. The second-order valence-electron chi connectivity index (χ2n) is 4.02. The molecule has 66 valence electrons. The fraction of sp³-hybridized carbons (Fsp3) is 1.00. The van der Waals surface area contributed by atoms with Crippen LogP contribution in [0.2, 0.25) is 0 Å². The number of rotatable bonds is 2. The molecular formula is C9H17IS. The van der Waals surface area contributed by atoms with Crippen LogP contribution in [0.1, 0.15) is 46.0 Å². The summed E-state index contributed by atoms with van der Waals surface area (Å²) in [7, 11) is 2.00. The van der Waals surface area contributed by atoms with Crippen molar-refractivity contribution in [2.75, 3.05) is 0 Å². The van der Waals surface area contributed by atoms with Gasteiger partial charge in [-0.15, -0.1) is 0 Å². The molecule has 1 aliphatic carbocycles. The van der Waals surface area contributed by atoms with Crippen molar-refractivity contribution in [2.24, 2.45) is 5.92 Å². The van der Waals surface area contributed by atoms with E-state index < -0.39 is 0 Å². The molecule has 0 spiro atoms. The van der Waals surface area contributed by atoms with Crippen LogP contribution in [0.3, 0.4) is 0 Å². The smallest absolute Gasteiger partial charge is 0.0232 e. The Hall–Kier alpha value is 1.08. The van der Waals surface area contributed by atoms with Gasteiger partial charge in [-0.25, -0.2) is 0 Å². The predicted octanol–water partition coefficient (Wildman–Crippen LogP) is 4.43. The largest absolute Gasteiger partial charge is 0.0828 e. The maximum atomic E-state index is 2.45. The standard InChI is InChI=1S/C9H17IS/c1-9(2,11-10)8-6-4-3-5-7-8/h8H,3-7H2,1-2H3. The summed E-state index contributed by atoms with van der Waals surface area (Å²) in [5.74, 6) is 0.971. The van der Waals surface area contributed by atoms with Crippen LogP contribution in [0.5, 0.6) is 0 Å². The van der Waals surface area contributed by atoms with E-state index in [1.54, 1.807) is 0 Å². The fourth-order valence-corrected chi connectivity index (χ4v) is 3.30. The Morgan fingerprint density at radius 3 is 2.18 bits per heavy atom. The zero-order valence-corrected chi connectivity index (χ0v) is 10.4. The van der Waals surface area contributed by atoms with Crippen LogP contribution in [0.15, 0.2) is 0 Å². The molecule has 0 aliphatic heterocycles. The van der Waals surface area contributed by atoms with Gasteiger partial charge in [0, 0.05) is 4.75 Å². The molecule has 0 unspecified atom stereocenters. The first-order valence-electron chi connectivity index (χ1n) is 4.46. The first-order chi connectivity index (χ1) is 5.17. The molecule has 0 N–H and O–H groups in total. The highest BCUT2D eigenvalue weighted by atomic mass is 127. The second-order valence-corrected chi connectivity index (χ2v) is 6.54. The number of hydrogen-bond acceptors (Lipinski definition) is 1. The molecule has 0 aromatic rings. The van der Waals surface area contributed by atoms with Crippen LogP contribution in [-0.4, -0.2) is 4.75 Å². The molecule has 0 amide bonds. The van der Waals surface area contributed by atoms with E-state index in [0.717, 1.165) is 5.92 Å². The number of hydrogen-bond donors (Lipinski definition) is 0. The van der Waals surface area contributed by atoms with E-state index in [-0.39, 0.29) is 0 Å². The minimum Gasteiger partial charge on any atom is -0.0828 e. The molecule has 0 saturated heterocycles. The highest BCUT2D eigenvalue weighted by Crippen LogP contribution is 2.43. The lowest BCUT2D eigenvalue weighted by molar-refractivity contribution is 0.305. The summed E-state index contributed by atoms with van der Waals surface area (Å²) >= 11 is 2.45. The molecule has 0 nitrogen and oxygen atoms in total. The highest BCUT2D eigenvalue weighted by Gasteiger charge is 2.30.